The van der Waals surface area contributed by atoms with Gasteiger partial charge in [-0.3, -0.25) is 86.3 Å². The van der Waals surface area contributed by atoms with Crippen LogP contribution in [0.4, 0.5) is 0 Å². The van der Waals surface area contributed by atoms with Gasteiger partial charge in [0.25, 0.3) is 0 Å². The van der Waals surface area contributed by atoms with Gasteiger partial charge in [0.05, 0.1) is 52.0 Å². The molecule has 1 saturated heterocycles. The summed E-state index contributed by atoms with van der Waals surface area (Å²) in [5, 5.41) is 88.2. The standard InChI is InChI=1S/C68H102N16O26/c1-6-33(3)15-10-8-9-11-19-49(88)75-41(23-36-28-71-38-17-13-12-16-37(36)38)61(102)78-42(24-48(70)87)62(103)81-45(27-55(97)98)64(105)84-57-35(5)110-68(109)56(34(4)7-2)83-60(101)40(20-21-52(91)92)77-65(106)46(31-85)76-51(90)29-72-58(99)43(25-53(93)94)79-66(107)47(32-86)82-63(104)44(26-54(95)96)80-59(100)39(18-14-22-69)74-50(89)30-73-67(57)108/h12-13,16-17,28,33-35,39-47,56-57,71,85-86H,6-11,14-15,18-27,29-32,69H2,1-5H3,(H2,70,87)(H,72,99)(H,73,108)(H,74,89)(H,75,88)(H,76,90)(H,77,106)(H,78,102)(H,79,107)(H,80,100)(H,81,103)(H,82,104)(H,83,101)(H,84,105)(H,91,92)(H,93,94)(H,95,96)(H,97,98). The van der Waals surface area contributed by atoms with Gasteiger partial charge >= 0.3 is 29.8 Å². The van der Waals surface area contributed by atoms with Crippen molar-refractivity contribution in [2.75, 3.05) is 32.8 Å². The van der Waals surface area contributed by atoms with Crippen LogP contribution in [0.3, 0.4) is 0 Å². The van der Waals surface area contributed by atoms with Gasteiger partial charge in [0.1, 0.15) is 72.6 Å². The van der Waals surface area contributed by atoms with E-state index in [1.54, 1.807) is 30.5 Å². The molecule has 0 saturated carbocycles. The van der Waals surface area contributed by atoms with Crippen LogP contribution >= 0.6 is 0 Å². The Morgan fingerprint density at radius 2 is 1.05 bits per heavy atom. The highest BCUT2D eigenvalue weighted by Gasteiger charge is 2.41. The number of cyclic esters (lactones) is 1. The molecule has 1 aliphatic rings. The third-order valence-electron chi connectivity index (χ3n) is 17.6. The number of aromatic amines is 1. The number of carboxylic acid groups (broad SMARTS) is 4. The van der Waals surface area contributed by atoms with Gasteiger partial charge in [-0.2, -0.15) is 0 Å². The molecule has 0 aliphatic carbocycles. The van der Waals surface area contributed by atoms with Crippen molar-refractivity contribution in [1.29, 1.82) is 0 Å². The molecule has 42 heteroatoms. The fourth-order valence-corrected chi connectivity index (χ4v) is 11.0. The summed E-state index contributed by atoms with van der Waals surface area (Å²) < 4.78 is 5.69. The number of carbonyl (C=O) groups excluding carboxylic acids is 15. The summed E-state index contributed by atoms with van der Waals surface area (Å²) in [4.78, 5) is 260. The zero-order valence-electron chi connectivity index (χ0n) is 61.5. The lowest BCUT2D eigenvalue weighted by molar-refractivity contribution is -0.157. The van der Waals surface area contributed by atoms with Gasteiger partial charge in [-0.05, 0) is 62.6 Å². The second-order valence-corrected chi connectivity index (χ2v) is 26.4. The molecule has 2 heterocycles. The Bertz CT molecular complexity index is 3610. The van der Waals surface area contributed by atoms with E-state index >= 15 is 0 Å². The molecule has 14 atom stereocenters. The van der Waals surface area contributed by atoms with Crippen molar-refractivity contribution < 1.29 is 126 Å². The topological polar surface area (TPSA) is 679 Å². The number of aliphatic hydroxyl groups is 2. The fraction of sp³-hybridized carbons (Fsp3) is 0.603. The van der Waals surface area contributed by atoms with E-state index in [2.05, 4.69) is 66.7 Å². The summed E-state index contributed by atoms with van der Waals surface area (Å²) in [6.45, 7) is 2.95. The highest BCUT2D eigenvalue weighted by Crippen LogP contribution is 2.21. The fourth-order valence-electron chi connectivity index (χ4n) is 11.0. The maximum absolute atomic E-state index is 14.6. The molecule has 1 aliphatic heterocycles. The molecule has 110 heavy (non-hydrogen) atoms. The van der Waals surface area contributed by atoms with Crippen LogP contribution in [0.25, 0.3) is 10.9 Å². The first-order valence-electron chi connectivity index (χ1n) is 35.6. The average molecular weight is 1560 g/mol. The van der Waals surface area contributed by atoms with Crippen LogP contribution in [0.1, 0.15) is 143 Å². The minimum absolute atomic E-state index is 0.00178. The number of benzene rings is 1. The molecule has 14 unspecified atom stereocenters. The van der Waals surface area contributed by atoms with Crippen molar-refractivity contribution in [2.45, 2.75) is 216 Å². The average Bonchev–Trinajstić information content (AvgIpc) is 1.67. The predicted molar refractivity (Wildman–Crippen MR) is 381 cm³/mol. The first-order valence-corrected chi connectivity index (χ1v) is 35.6. The third-order valence-corrected chi connectivity index (χ3v) is 17.6. The van der Waals surface area contributed by atoms with Crippen LogP contribution in [-0.2, 0) is 102 Å². The van der Waals surface area contributed by atoms with Crippen molar-refractivity contribution >= 4 is 123 Å². The maximum atomic E-state index is 14.6. The molecule has 0 bridgehead atoms. The van der Waals surface area contributed by atoms with Gasteiger partial charge in [0.15, 0.2) is 0 Å². The van der Waals surface area contributed by atoms with E-state index in [9.17, 15) is 122 Å². The number of para-hydroxylation sites is 1. The second kappa shape index (κ2) is 47.4. The second-order valence-electron chi connectivity index (χ2n) is 26.4. The molecule has 1 aromatic carbocycles. The van der Waals surface area contributed by atoms with E-state index in [1.165, 1.54) is 13.8 Å². The van der Waals surface area contributed by atoms with Gasteiger partial charge in [-0.1, -0.05) is 84.4 Å². The van der Waals surface area contributed by atoms with Crippen LogP contribution in [0.15, 0.2) is 30.5 Å². The number of primary amides is 1. The number of esters is 1. The highest BCUT2D eigenvalue weighted by molar-refractivity contribution is 6.02. The van der Waals surface area contributed by atoms with E-state index in [-0.39, 0.29) is 32.2 Å². The van der Waals surface area contributed by atoms with Crippen molar-refractivity contribution in [2.24, 2.45) is 23.3 Å². The number of hydrogen-bond acceptors (Lipinski definition) is 23. The Balaban J connectivity index is 2.19. The highest BCUT2D eigenvalue weighted by atomic mass is 16.5. The number of nitrogens with one attached hydrogen (secondary N) is 14. The first-order chi connectivity index (χ1) is 51.9. The van der Waals surface area contributed by atoms with E-state index in [4.69, 9.17) is 16.2 Å². The van der Waals surface area contributed by atoms with Crippen LogP contribution in [0, 0.1) is 11.8 Å². The number of ether oxygens (including phenoxy) is 1. The maximum Gasteiger partial charge on any atom is 0.329 e. The summed E-state index contributed by atoms with van der Waals surface area (Å²) in [6, 6.07) is -15.2. The molecule has 0 spiro atoms. The third kappa shape index (κ3) is 32.6. The Hall–Kier alpha value is -11.4. The summed E-state index contributed by atoms with van der Waals surface area (Å²) in [6.07, 6.45) is -2.67. The van der Waals surface area contributed by atoms with E-state index in [1.807, 2.05) is 21.3 Å². The SMILES string of the molecule is CCC(C)CCCCCCC(=O)NC(Cc1c[nH]c2ccccc12)C(=O)NC(CC(N)=O)C(=O)NC(CC(=O)O)C(=O)NC1C(=O)NCC(=O)NC(CCCN)C(=O)NC(CC(=O)O)C(=O)NC(CO)C(=O)NC(CC(=O)O)C(=O)NCC(=O)NC(CO)C(=O)NC(CCC(=O)O)C(=O)NC(C(C)CC)C(=O)OC1C. The van der Waals surface area contributed by atoms with Gasteiger partial charge in [0, 0.05) is 36.4 Å². The Labute approximate surface area is 630 Å². The first kappa shape index (κ1) is 92.8. The lowest BCUT2D eigenvalue weighted by atomic mass is 9.98. The largest absolute Gasteiger partial charge is 0.481 e. The molecule has 2 aromatic rings. The number of unbranched alkanes of at least 4 members (excludes halogenated alkanes) is 3. The molecule has 610 valence electrons. The van der Waals surface area contributed by atoms with Gasteiger partial charge in [0.2, 0.25) is 82.7 Å². The van der Waals surface area contributed by atoms with Gasteiger partial charge in [-0.25, -0.2) is 4.79 Å². The minimum atomic E-state index is -2.33. The molecular formula is C68H102N16O26. The molecule has 14 amide bonds. The van der Waals surface area contributed by atoms with E-state index in [0.717, 1.165) is 32.6 Å². The Morgan fingerprint density at radius 3 is 1.62 bits per heavy atom. The summed E-state index contributed by atoms with van der Waals surface area (Å²) in [5.74, 6) is -27.2. The number of hydrogen-bond donors (Lipinski definition) is 22. The zero-order valence-corrected chi connectivity index (χ0v) is 61.5. The number of amides is 14. The molecule has 42 nitrogen and oxygen atoms in total. The molecule has 1 aromatic heterocycles. The number of aliphatic hydroxyl groups excluding tert-OH is 2. The molecule has 3 rings (SSSR count). The smallest absolute Gasteiger partial charge is 0.329 e. The number of fused-ring (bicyclic) bond motifs is 1. The van der Waals surface area contributed by atoms with Crippen molar-refractivity contribution in [3.63, 3.8) is 0 Å². The predicted octanol–water partition coefficient (Wildman–Crippen LogP) is -6.46. The van der Waals surface area contributed by atoms with E-state index in [0.29, 0.717) is 35.2 Å². The lowest BCUT2D eigenvalue weighted by Gasteiger charge is -2.30. The van der Waals surface area contributed by atoms with Crippen molar-refractivity contribution in [3.05, 3.63) is 36.0 Å². The Kier molecular flexibility index (Phi) is 40.0. The number of nitrogens with two attached hydrogens (primary N) is 2. The van der Waals surface area contributed by atoms with Crippen LogP contribution < -0.4 is 80.6 Å². The zero-order chi connectivity index (χ0) is 82.5. The van der Waals surface area contributed by atoms with Gasteiger partial charge < -0.3 is 121 Å². The minimum Gasteiger partial charge on any atom is -0.481 e. The number of rotatable bonds is 35. The van der Waals surface area contributed by atoms with E-state index < -0.39 is 262 Å². The summed E-state index contributed by atoms with van der Waals surface area (Å²) in [5.41, 5.74) is 12.5. The summed E-state index contributed by atoms with van der Waals surface area (Å²) in [7, 11) is 0. The number of carbonyl (C=O) groups is 19. The van der Waals surface area contributed by atoms with Crippen LogP contribution in [-0.4, -0.2) is 254 Å². The Morgan fingerprint density at radius 1 is 0.545 bits per heavy atom. The summed E-state index contributed by atoms with van der Waals surface area (Å²) >= 11 is 0. The number of aromatic nitrogens is 1. The normalized spacial score (nSPS) is 22.0. The quantitative estimate of drug-likeness (QED) is 0.0225. The number of aliphatic carboxylic acids is 4. The van der Waals surface area contributed by atoms with Crippen molar-refractivity contribution in [1.82, 2.24) is 74.1 Å². The number of H-pyrrole nitrogens is 1. The number of carboxylic acids is 4. The van der Waals surface area contributed by atoms with Gasteiger partial charge in [-0.15, -0.1) is 0 Å². The molecular weight excluding hydrogens is 1460 g/mol. The molecule has 24 N–H and O–H groups in total. The van der Waals surface area contributed by atoms with Crippen LogP contribution in [0.5, 0.6) is 0 Å². The lowest BCUT2D eigenvalue weighted by Crippen LogP contribution is -2.62. The molecule has 1 fully saturated rings. The van der Waals surface area contributed by atoms with Crippen LogP contribution in [0.2, 0.25) is 0 Å². The van der Waals surface area contributed by atoms with Crippen molar-refractivity contribution in [3.8, 4) is 0 Å². The monoisotopic (exact) mass is 1560 g/mol. The molecule has 0 radical (unpaired) electrons.